The van der Waals surface area contributed by atoms with Crippen molar-refractivity contribution in [3.63, 3.8) is 0 Å². The second-order valence-electron chi connectivity index (χ2n) is 6.61. The molecule has 30 heavy (non-hydrogen) atoms. The second-order valence-corrected chi connectivity index (χ2v) is 6.61. The zero-order valence-corrected chi connectivity index (χ0v) is 17.5. The summed E-state index contributed by atoms with van der Waals surface area (Å²) in [4.78, 5) is 23.3. The lowest BCUT2D eigenvalue weighted by Gasteiger charge is -2.28. The lowest BCUT2D eigenvalue weighted by atomic mass is 10.2. The molecule has 2 aromatic rings. The molecule has 0 spiro atoms. The molecule has 2 heterocycles. The minimum Gasteiger partial charge on any atom is -0.493 e. The van der Waals surface area contributed by atoms with Gasteiger partial charge in [0, 0.05) is 32.2 Å². The maximum Gasteiger partial charge on any atom is 0.319 e. The van der Waals surface area contributed by atoms with Crippen LogP contribution in [0.2, 0.25) is 0 Å². The first-order chi connectivity index (χ1) is 14.6. The van der Waals surface area contributed by atoms with Gasteiger partial charge in [-0.25, -0.2) is 14.8 Å². The van der Waals surface area contributed by atoms with Gasteiger partial charge in [0.2, 0.25) is 0 Å². The first-order valence-electron chi connectivity index (χ1n) is 9.79. The van der Waals surface area contributed by atoms with Crippen molar-refractivity contribution in [1.82, 2.24) is 15.3 Å². The number of anilines is 3. The number of amides is 2. The smallest absolute Gasteiger partial charge is 0.319 e. The zero-order chi connectivity index (χ0) is 21.3. The number of hydrogen-bond donors (Lipinski definition) is 3. The minimum absolute atomic E-state index is 0.337. The number of para-hydroxylation sites is 1. The van der Waals surface area contributed by atoms with Crippen molar-refractivity contribution >= 4 is 23.4 Å². The molecule has 0 radical (unpaired) electrons. The van der Waals surface area contributed by atoms with Crippen LogP contribution in [0.25, 0.3) is 0 Å². The average molecular weight is 416 g/mol. The molecule has 1 fully saturated rings. The summed E-state index contributed by atoms with van der Waals surface area (Å²) in [6.07, 6.45) is 0. The van der Waals surface area contributed by atoms with Gasteiger partial charge in [-0.2, -0.15) is 0 Å². The fourth-order valence-electron chi connectivity index (χ4n) is 3.12. The molecule has 0 aliphatic carbocycles. The minimum atomic E-state index is -0.337. The predicted octanol–water partition coefficient (Wildman–Crippen LogP) is 1.87. The first kappa shape index (κ1) is 21.4. The number of aromatic nitrogens is 2. The molecule has 0 atom stereocenters. The van der Waals surface area contributed by atoms with Gasteiger partial charge in [-0.15, -0.1) is 0 Å². The Morgan fingerprint density at radius 2 is 1.97 bits per heavy atom. The summed E-state index contributed by atoms with van der Waals surface area (Å²) < 4.78 is 16.0. The Hall–Kier alpha value is -3.27. The summed E-state index contributed by atoms with van der Waals surface area (Å²) in [6.45, 7) is 5.81. The average Bonchev–Trinajstić information content (AvgIpc) is 2.76. The largest absolute Gasteiger partial charge is 0.493 e. The number of carbonyl (C=O) groups is 1. The van der Waals surface area contributed by atoms with Gasteiger partial charge in [-0.05, 0) is 19.1 Å². The van der Waals surface area contributed by atoms with Crippen LogP contribution in [-0.4, -0.2) is 69.6 Å². The molecular weight excluding hydrogens is 388 g/mol. The fraction of sp³-hybridized carbons (Fsp3) is 0.450. The summed E-state index contributed by atoms with van der Waals surface area (Å²) in [5, 5.41) is 8.80. The Morgan fingerprint density at radius 1 is 1.17 bits per heavy atom. The molecule has 1 saturated heterocycles. The highest BCUT2D eigenvalue weighted by Gasteiger charge is 2.14. The van der Waals surface area contributed by atoms with Crippen LogP contribution >= 0.6 is 0 Å². The van der Waals surface area contributed by atoms with Crippen LogP contribution in [0.3, 0.4) is 0 Å². The molecule has 10 nitrogen and oxygen atoms in total. The molecule has 0 bridgehead atoms. The number of benzene rings is 1. The molecule has 0 saturated carbocycles. The van der Waals surface area contributed by atoms with Crippen molar-refractivity contribution < 1.29 is 19.0 Å². The SMILES string of the molecule is COc1cccc(NC(=O)NCCNc2cc(N3CCOCC3)nc(C)n2)c1OC. The van der Waals surface area contributed by atoms with Gasteiger partial charge < -0.3 is 35.1 Å². The van der Waals surface area contributed by atoms with Crippen LogP contribution < -0.4 is 30.3 Å². The van der Waals surface area contributed by atoms with E-state index >= 15 is 0 Å². The molecule has 1 aromatic heterocycles. The Labute approximate surface area is 175 Å². The zero-order valence-electron chi connectivity index (χ0n) is 17.5. The highest BCUT2D eigenvalue weighted by Crippen LogP contribution is 2.34. The van der Waals surface area contributed by atoms with Gasteiger partial charge in [0.25, 0.3) is 0 Å². The quantitative estimate of drug-likeness (QED) is 0.560. The fourth-order valence-corrected chi connectivity index (χ4v) is 3.12. The third-order valence-corrected chi connectivity index (χ3v) is 4.53. The van der Waals surface area contributed by atoms with Gasteiger partial charge in [-0.3, -0.25) is 0 Å². The number of carbonyl (C=O) groups excluding carboxylic acids is 1. The summed E-state index contributed by atoms with van der Waals surface area (Å²) >= 11 is 0. The molecular formula is C20H28N6O4. The number of aryl methyl sites for hydroxylation is 1. The van der Waals surface area contributed by atoms with Crippen molar-refractivity contribution in [2.75, 3.05) is 69.1 Å². The number of nitrogens with zero attached hydrogens (tertiary/aromatic N) is 3. The van der Waals surface area contributed by atoms with Crippen LogP contribution in [0.15, 0.2) is 24.3 Å². The van der Waals surface area contributed by atoms with E-state index in [1.807, 2.05) is 13.0 Å². The summed E-state index contributed by atoms with van der Waals surface area (Å²) in [6, 6.07) is 6.87. The highest BCUT2D eigenvalue weighted by atomic mass is 16.5. The number of hydrogen-bond acceptors (Lipinski definition) is 8. The summed E-state index contributed by atoms with van der Waals surface area (Å²) in [5.74, 6) is 3.31. The number of ether oxygens (including phenoxy) is 3. The molecule has 3 rings (SSSR count). The number of rotatable bonds is 8. The Morgan fingerprint density at radius 3 is 2.70 bits per heavy atom. The molecule has 1 aliphatic heterocycles. The van der Waals surface area contributed by atoms with Crippen LogP contribution in [0.5, 0.6) is 11.5 Å². The van der Waals surface area contributed by atoms with E-state index in [-0.39, 0.29) is 6.03 Å². The van der Waals surface area contributed by atoms with Gasteiger partial charge in [-0.1, -0.05) is 6.07 Å². The standard InChI is InChI=1S/C20H28N6O4/c1-14-23-17(13-18(24-14)26-9-11-30-12-10-26)21-7-8-22-20(27)25-15-5-4-6-16(28-2)19(15)29-3/h4-6,13H,7-12H2,1-3H3,(H,21,23,24)(H2,22,25,27). The van der Waals surface area contributed by atoms with E-state index in [0.29, 0.717) is 49.3 Å². The predicted molar refractivity (Wildman–Crippen MR) is 115 cm³/mol. The first-order valence-corrected chi connectivity index (χ1v) is 9.79. The van der Waals surface area contributed by atoms with Crippen LogP contribution in [0.4, 0.5) is 22.1 Å². The highest BCUT2D eigenvalue weighted by molar-refractivity contribution is 5.91. The topological polar surface area (TPSA) is 110 Å². The van der Waals surface area contributed by atoms with Crippen LogP contribution in [0, 0.1) is 6.92 Å². The van der Waals surface area contributed by atoms with Gasteiger partial charge in [0.05, 0.1) is 33.1 Å². The van der Waals surface area contributed by atoms with E-state index in [4.69, 9.17) is 14.2 Å². The normalized spacial score (nSPS) is 13.5. The van der Waals surface area contributed by atoms with Crippen molar-refractivity contribution in [1.29, 1.82) is 0 Å². The molecule has 10 heteroatoms. The lowest BCUT2D eigenvalue weighted by Crippen LogP contribution is -2.37. The summed E-state index contributed by atoms with van der Waals surface area (Å²) in [7, 11) is 3.08. The van der Waals surface area contributed by atoms with Crippen molar-refractivity contribution in [2.24, 2.45) is 0 Å². The van der Waals surface area contributed by atoms with Crippen molar-refractivity contribution in [2.45, 2.75) is 6.92 Å². The maximum atomic E-state index is 12.2. The van der Waals surface area contributed by atoms with E-state index in [0.717, 1.165) is 24.7 Å². The van der Waals surface area contributed by atoms with E-state index in [1.54, 1.807) is 25.3 Å². The maximum absolute atomic E-state index is 12.2. The number of urea groups is 1. The van der Waals surface area contributed by atoms with Crippen molar-refractivity contribution in [3.05, 3.63) is 30.1 Å². The number of methoxy groups -OCH3 is 2. The van der Waals surface area contributed by atoms with Gasteiger partial charge in [0.15, 0.2) is 11.5 Å². The Bertz CT molecular complexity index is 857. The molecule has 3 N–H and O–H groups in total. The monoisotopic (exact) mass is 416 g/mol. The second kappa shape index (κ2) is 10.5. The lowest BCUT2D eigenvalue weighted by molar-refractivity contribution is 0.122. The van der Waals surface area contributed by atoms with E-state index in [2.05, 4.69) is 30.8 Å². The molecule has 0 unspecified atom stereocenters. The van der Waals surface area contributed by atoms with E-state index < -0.39 is 0 Å². The third-order valence-electron chi connectivity index (χ3n) is 4.53. The molecule has 1 aliphatic rings. The molecule has 162 valence electrons. The third kappa shape index (κ3) is 5.63. The Balaban J connectivity index is 1.49. The van der Waals surface area contributed by atoms with Crippen LogP contribution in [0.1, 0.15) is 5.82 Å². The summed E-state index contributed by atoms with van der Waals surface area (Å²) in [5.41, 5.74) is 0.531. The number of nitrogens with one attached hydrogen (secondary N) is 3. The van der Waals surface area contributed by atoms with E-state index in [9.17, 15) is 4.79 Å². The van der Waals surface area contributed by atoms with Gasteiger partial charge in [0.1, 0.15) is 17.5 Å². The number of morpholine rings is 1. The Kier molecular flexibility index (Phi) is 7.50. The van der Waals surface area contributed by atoms with Gasteiger partial charge >= 0.3 is 6.03 Å². The van der Waals surface area contributed by atoms with Crippen LogP contribution in [-0.2, 0) is 4.74 Å². The molecule has 1 aromatic carbocycles. The van der Waals surface area contributed by atoms with Crippen molar-refractivity contribution in [3.8, 4) is 11.5 Å². The van der Waals surface area contributed by atoms with E-state index in [1.165, 1.54) is 7.11 Å². The molecule has 2 amide bonds.